The van der Waals surface area contributed by atoms with Gasteiger partial charge in [-0.15, -0.1) is 0 Å². The van der Waals surface area contributed by atoms with Gasteiger partial charge in [0.2, 0.25) is 11.8 Å². The maximum absolute atomic E-state index is 12.4. The zero-order valence-electron chi connectivity index (χ0n) is 15.0. The van der Waals surface area contributed by atoms with Crippen molar-refractivity contribution in [2.24, 2.45) is 0 Å². The van der Waals surface area contributed by atoms with Crippen LogP contribution in [0.5, 0.6) is 5.75 Å². The summed E-state index contributed by atoms with van der Waals surface area (Å²) in [7, 11) is 1.60. The zero-order valence-corrected chi connectivity index (χ0v) is 15.0. The van der Waals surface area contributed by atoms with E-state index in [9.17, 15) is 9.59 Å². The summed E-state index contributed by atoms with van der Waals surface area (Å²) < 4.78 is 5.21. The summed E-state index contributed by atoms with van der Waals surface area (Å²) in [4.78, 5) is 26.3. The highest BCUT2D eigenvalue weighted by molar-refractivity contribution is 5.87. The third kappa shape index (κ3) is 5.93. The lowest BCUT2D eigenvalue weighted by Crippen LogP contribution is -2.52. The second-order valence-corrected chi connectivity index (χ2v) is 6.64. The van der Waals surface area contributed by atoms with E-state index in [1.807, 2.05) is 45.0 Å². The van der Waals surface area contributed by atoms with E-state index >= 15 is 0 Å². The van der Waals surface area contributed by atoms with Crippen LogP contribution in [-0.4, -0.2) is 35.4 Å². The Morgan fingerprint density at radius 3 is 2.48 bits per heavy atom. The van der Waals surface area contributed by atoms with Crippen molar-refractivity contribution < 1.29 is 14.3 Å². The number of ether oxygens (including phenoxy) is 1. The van der Waals surface area contributed by atoms with E-state index in [0.29, 0.717) is 13.0 Å². The molecule has 128 valence electrons. The molecule has 1 N–H and O–H groups in total. The van der Waals surface area contributed by atoms with Crippen molar-refractivity contribution in [1.29, 1.82) is 0 Å². The fraction of sp³-hybridized carbons (Fsp3) is 0.556. The van der Waals surface area contributed by atoms with Crippen LogP contribution < -0.4 is 10.1 Å². The van der Waals surface area contributed by atoms with E-state index in [1.165, 1.54) is 0 Å². The van der Waals surface area contributed by atoms with E-state index in [0.717, 1.165) is 11.3 Å². The van der Waals surface area contributed by atoms with Gasteiger partial charge in [-0.2, -0.15) is 0 Å². The molecule has 0 saturated carbocycles. The first kappa shape index (κ1) is 19.0. The van der Waals surface area contributed by atoms with Gasteiger partial charge in [-0.3, -0.25) is 9.59 Å². The normalized spacial score (nSPS) is 12.4. The average molecular weight is 320 g/mol. The highest BCUT2D eigenvalue weighted by Crippen LogP contribution is 2.17. The van der Waals surface area contributed by atoms with Crippen LogP contribution >= 0.6 is 0 Å². The molecule has 0 aliphatic heterocycles. The molecule has 5 heteroatoms. The molecule has 1 aromatic carbocycles. The fourth-order valence-corrected chi connectivity index (χ4v) is 2.23. The minimum atomic E-state index is -0.534. The van der Waals surface area contributed by atoms with Gasteiger partial charge in [0.05, 0.1) is 7.11 Å². The van der Waals surface area contributed by atoms with Gasteiger partial charge < -0.3 is 15.0 Å². The highest BCUT2D eigenvalue weighted by atomic mass is 16.5. The first-order valence-electron chi connectivity index (χ1n) is 7.92. The first-order chi connectivity index (χ1) is 10.7. The molecule has 1 rings (SSSR count). The van der Waals surface area contributed by atoms with Crippen molar-refractivity contribution in [3.05, 3.63) is 29.8 Å². The number of hydrogen-bond donors (Lipinski definition) is 1. The molecule has 0 aromatic heterocycles. The van der Waals surface area contributed by atoms with Gasteiger partial charge in [-0.25, -0.2) is 0 Å². The van der Waals surface area contributed by atoms with E-state index < -0.39 is 6.04 Å². The first-order valence-corrected chi connectivity index (χ1v) is 7.92. The minimum Gasteiger partial charge on any atom is -0.497 e. The van der Waals surface area contributed by atoms with Crippen molar-refractivity contribution in [2.45, 2.75) is 59.2 Å². The molecule has 0 aliphatic carbocycles. The molecule has 0 bridgehead atoms. The standard InChI is InChI=1S/C18H28N2O3/c1-7-16(21)20(13(2)17(22)19-18(3,4)5)12-14-9-8-10-15(11-14)23-6/h8-11,13H,7,12H2,1-6H3,(H,19,22)/t13-/m0/s1. The molecule has 1 atom stereocenters. The van der Waals surface area contributed by atoms with Gasteiger partial charge in [-0.1, -0.05) is 19.1 Å². The van der Waals surface area contributed by atoms with E-state index in [4.69, 9.17) is 4.74 Å². The van der Waals surface area contributed by atoms with Gasteiger partial charge >= 0.3 is 0 Å². The second kappa shape index (κ2) is 7.99. The molecule has 0 heterocycles. The van der Waals surface area contributed by atoms with Crippen LogP contribution in [0, 0.1) is 0 Å². The van der Waals surface area contributed by atoms with Crippen LogP contribution in [-0.2, 0) is 16.1 Å². The Labute approximate surface area is 139 Å². The molecular weight excluding hydrogens is 292 g/mol. The SMILES string of the molecule is CCC(=O)N(Cc1cccc(OC)c1)[C@@H](C)C(=O)NC(C)(C)C. The number of hydrogen-bond acceptors (Lipinski definition) is 3. The number of nitrogens with one attached hydrogen (secondary N) is 1. The van der Waals surface area contributed by atoms with Crippen LogP contribution in [0.3, 0.4) is 0 Å². The van der Waals surface area contributed by atoms with Crippen LogP contribution in [0.4, 0.5) is 0 Å². The number of carbonyl (C=O) groups excluding carboxylic acids is 2. The van der Waals surface area contributed by atoms with Crippen molar-refractivity contribution in [2.75, 3.05) is 7.11 Å². The molecule has 0 unspecified atom stereocenters. The number of benzene rings is 1. The summed E-state index contributed by atoms with van der Waals surface area (Å²) in [6.45, 7) is 9.70. The third-order valence-electron chi connectivity index (χ3n) is 3.46. The summed E-state index contributed by atoms with van der Waals surface area (Å²) in [5.41, 5.74) is 0.601. The van der Waals surface area contributed by atoms with E-state index in [-0.39, 0.29) is 17.4 Å². The third-order valence-corrected chi connectivity index (χ3v) is 3.46. The summed E-state index contributed by atoms with van der Waals surface area (Å²) >= 11 is 0. The summed E-state index contributed by atoms with van der Waals surface area (Å²) in [6, 6.07) is 7.00. The van der Waals surface area contributed by atoms with Gasteiger partial charge in [0.1, 0.15) is 11.8 Å². The highest BCUT2D eigenvalue weighted by Gasteiger charge is 2.27. The lowest BCUT2D eigenvalue weighted by atomic mass is 10.1. The number of methoxy groups -OCH3 is 1. The molecule has 0 radical (unpaired) electrons. The van der Waals surface area contributed by atoms with Gasteiger partial charge in [0.15, 0.2) is 0 Å². The van der Waals surface area contributed by atoms with Crippen LogP contribution in [0.2, 0.25) is 0 Å². The number of nitrogens with zero attached hydrogens (tertiary/aromatic N) is 1. The van der Waals surface area contributed by atoms with Crippen LogP contribution in [0.25, 0.3) is 0 Å². The Kier molecular flexibility index (Phi) is 6.61. The lowest BCUT2D eigenvalue weighted by molar-refractivity contribution is -0.141. The van der Waals surface area contributed by atoms with Crippen molar-refractivity contribution in [3.63, 3.8) is 0 Å². The van der Waals surface area contributed by atoms with Gasteiger partial charge in [0.25, 0.3) is 0 Å². The van der Waals surface area contributed by atoms with Gasteiger partial charge in [-0.05, 0) is 45.4 Å². The fourth-order valence-electron chi connectivity index (χ4n) is 2.23. The molecule has 5 nitrogen and oxygen atoms in total. The second-order valence-electron chi connectivity index (χ2n) is 6.64. The predicted molar refractivity (Wildman–Crippen MR) is 91.2 cm³/mol. The molecule has 1 aromatic rings. The number of rotatable bonds is 6. The van der Waals surface area contributed by atoms with Crippen LogP contribution in [0.1, 0.15) is 46.6 Å². The van der Waals surface area contributed by atoms with E-state index in [1.54, 1.807) is 25.9 Å². The summed E-state index contributed by atoms with van der Waals surface area (Å²) in [5.74, 6) is 0.532. The molecule has 23 heavy (non-hydrogen) atoms. The Bertz CT molecular complexity index is 549. The predicted octanol–water partition coefficient (Wildman–Crippen LogP) is 2.74. The maximum Gasteiger partial charge on any atom is 0.242 e. The Balaban J connectivity index is 2.95. The number of carbonyl (C=O) groups is 2. The topological polar surface area (TPSA) is 58.6 Å². The molecule has 0 spiro atoms. The van der Waals surface area contributed by atoms with E-state index in [2.05, 4.69) is 5.32 Å². The molecular formula is C18H28N2O3. The van der Waals surface area contributed by atoms with Crippen molar-refractivity contribution in [3.8, 4) is 5.75 Å². The van der Waals surface area contributed by atoms with Crippen LogP contribution in [0.15, 0.2) is 24.3 Å². The quantitative estimate of drug-likeness (QED) is 0.877. The monoisotopic (exact) mass is 320 g/mol. The lowest BCUT2D eigenvalue weighted by Gasteiger charge is -2.31. The minimum absolute atomic E-state index is 0.0515. The van der Waals surface area contributed by atoms with Gasteiger partial charge in [0, 0.05) is 18.5 Å². The zero-order chi connectivity index (χ0) is 17.6. The summed E-state index contributed by atoms with van der Waals surface area (Å²) in [5, 5.41) is 2.93. The number of amides is 2. The largest absolute Gasteiger partial charge is 0.497 e. The Morgan fingerprint density at radius 1 is 1.30 bits per heavy atom. The summed E-state index contributed by atoms with van der Waals surface area (Å²) in [6.07, 6.45) is 0.358. The molecule has 0 fully saturated rings. The maximum atomic E-state index is 12.4. The molecule has 2 amide bonds. The smallest absolute Gasteiger partial charge is 0.242 e. The Morgan fingerprint density at radius 2 is 1.96 bits per heavy atom. The molecule has 0 saturated heterocycles. The van der Waals surface area contributed by atoms with Crippen molar-refractivity contribution in [1.82, 2.24) is 10.2 Å². The average Bonchev–Trinajstić information content (AvgIpc) is 2.49. The Hall–Kier alpha value is -2.04. The molecule has 0 aliphatic rings. The van der Waals surface area contributed by atoms with Crippen molar-refractivity contribution >= 4 is 11.8 Å².